The molecular weight excluding hydrogens is 414 g/mol. The Morgan fingerprint density at radius 2 is 1.71 bits per heavy atom. The number of amides is 1. The summed E-state index contributed by atoms with van der Waals surface area (Å²) in [5, 5.41) is 4.09. The van der Waals surface area contributed by atoms with E-state index >= 15 is 0 Å². The molecule has 1 heterocycles. The van der Waals surface area contributed by atoms with Crippen molar-refractivity contribution in [3.63, 3.8) is 0 Å². The third-order valence-corrected chi connectivity index (χ3v) is 5.32. The zero-order valence-corrected chi connectivity index (χ0v) is 17.8. The van der Waals surface area contributed by atoms with Gasteiger partial charge in [0.2, 0.25) is 5.78 Å². The fraction of sp³-hybridized carbons (Fsp3) is 0.120. The number of carbonyl (C=O) groups excluding carboxylic acids is 2. The van der Waals surface area contributed by atoms with Crippen molar-refractivity contribution in [2.45, 2.75) is 20.0 Å². The van der Waals surface area contributed by atoms with Crippen molar-refractivity contribution in [2.24, 2.45) is 0 Å². The molecule has 0 aliphatic heterocycles. The van der Waals surface area contributed by atoms with Crippen molar-refractivity contribution < 1.29 is 18.7 Å². The third kappa shape index (κ3) is 4.32. The van der Waals surface area contributed by atoms with Crippen LogP contribution in [0.3, 0.4) is 0 Å². The fourth-order valence-corrected chi connectivity index (χ4v) is 3.34. The van der Waals surface area contributed by atoms with Crippen LogP contribution in [0.1, 0.15) is 28.6 Å². The molecule has 156 valence electrons. The second kappa shape index (κ2) is 8.66. The maximum atomic E-state index is 13.1. The summed E-state index contributed by atoms with van der Waals surface area (Å²) in [6.45, 7) is 3.50. The lowest BCUT2D eigenvalue weighted by Gasteiger charge is -2.15. The molecule has 0 saturated carbocycles. The highest BCUT2D eigenvalue weighted by Gasteiger charge is 2.25. The van der Waals surface area contributed by atoms with Crippen LogP contribution in [0.5, 0.6) is 5.75 Å². The van der Waals surface area contributed by atoms with Gasteiger partial charge in [0, 0.05) is 16.0 Å². The number of hydrogen-bond donors (Lipinski definition) is 1. The number of rotatable bonds is 6. The van der Waals surface area contributed by atoms with E-state index in [2.05, 4.69) is 5.32 Å². The number of ketones is 1. The van der Waals surface area contributed by atoms with Crippen LogP contribution in [-0.2, 0) is 4.79 Å². The van der Waals surface area contributed by atoms with Crippen LogP contribution in [0.25, 0.3) is 11.0 Å². The van der Waals surface area contributed by atoms with E-state index in [9.17, 15) is 9.59 Å². The molecule has 4 aromatic rings. The number of benzene rings is 3. The minimum absolute atomic E-state index is 0.0790. The van der Waals surface area contributed by atoms with Crippen LogP contribution in [0.2, 0.25) is 5.02 Å². The Labute approximate surface area is 184 Å². The molecule has 1 aromatic heterocycles. The van der Waals surface area contributed by atoms with E-state index in [-0.39, 0.29) is 11.5 Å². The van der Waals surface area contributed by atoms with E-state index < -0.39 is 12.0 Å². The molecule has 1 N–H and O–H groups in total. The van der Waals surface area contributed by atoms with Crippen molar-refractivity contribution in [1.29, 1.82) is 0 Å². The van der Waals surface area contributed by atoms with Crippen LogP contribution >= 0.6 is 11.6 Å². The van der Waals surface area contributed by atoms with Gasteiger partial charge in [-0.1, -0.05) is 54.1 Å². The van der Waals surface area contributed by atoms with Gasteiger partial charge in [-0.2, -0.15) is 0 Å². The lowest BCUT2D eigenvalue weighted by atomic mass is 10.1. The molecule has 0 saturated heterocycles. The van der Waals surface area contributed by atoms with E-state index in [0.29, 0.717) is 33.0 Å². The standard InChI is InChI=1S/C25H20ClNO4/c1-15-14-18(12-13-20(15)26)30-16(2)25(29)27-22-19-10-6-7-11-21(19)31-24(22)23(28)17-8-4-3-5-9-17/h3-14,16H,1-2H3,(H,27,29)/t16-/m1/s1. The summed E-state index contributed by atoms with van der Waals surface area (Å²) in [5.41, 5.74) is 2.16. The first-order chi connectivity index (χ1) is 14.9. The van der Waals surface area contributed by atoms with Gasteiger partial charge in [-0.25, -0.2) is 0 Å². The summed E-state index contributed by atoms with van der Waals surface area (Å²) in [6, 6.07) is 21.2. The lowest BCUT2D eigenvalue weighted by molar-refractivity contribution is -0.122. The average molecular weight is 434 g/mol. The Balaban J connectivity index is 1.63. The minimum atomic E-state index is -0.811. The number of furan rings is 1. The zero-order valence-electron chi connectivity index (χ0n) is 17.0. The van der Waals surface area contributed by atoms with E-state index in [0.717, 1.165) is 5.56 Å². The van der Waals surface area contributed by atoms with E-state index in [1.807, 2.05) is 25.1 Å². The summed E-state index contributed by atoms with van der Waals surface area (Å²) >= 11 is 6.05. The Morgan fingerprint density at radius 3 is 2.45 bits per heavy atom. The highest BCUT2D eigenvalue weighted by atomic mass is 35.5. The van der Waals surface area contributed by atoms with Gasteiger partial charge in [-0.15, -0.1) is 0 Å². The number of fused-ring (bicyclic) bond motifs is 1. The third-order valence-electron chi connectivity index (χ3n) is 4.90. The molecule has 6 heteroatoms. The second-order valence-corrected chi connectivity index (χ2v) is 7.57. The molecule has 0 bridgehead atoms. The quantitative estimate of drug-likeness (QED) is 0.377. The smallest absolute Gasteiger partial charge is 0.265 e. The Morgan fingerprint density at radius 1 is 1.00 bits per heavy atom. The predicted octanol–water partition coefficient (Wildman–Crippen LogP) is 6.03. The SMILES string of the molecule is Cc1cc(O[C@H](C)C(=O)Nc2c(C(=O)c3ccccc3)oc3ccccc23)ccc1Cl. The van der Waals surface area contributed by atoms with Crippen LogP contribution < -0.4 is 10.1 Å². The van der Waals surface area contributed by atoms with Crippen LogP contribution in [0, 0.1) is 6.92 Å². The number of hydrogen-bond acceptors (Lipinski definition) is 4. The van der Waals surface area contributed by atoms with Gasteiger partial charge in [0.25, 0.3) is 5.91 Å². The molecular formula is C25H20ClNO4. The summed E-state index contributed by atoms with van der Waals surface area (Å²) in [7, 11) is 0. The topological polar surface area (TPSA) is 68.5 Å². The molecule has 0 aliphatic rings. The summed E-state index contributed by atoms with van der Waals surface area (Å²) in [5.74, 6) is -0.104. The molecule has 3 aromatic carbocycles. The molecule has 1 amide bonds. The molecule has 0 aliphatic carbocycles. The van der Waals surface area contributed by atoms with Gasteiger partial charge >= 0.3 is 0 Å². The number of aryl methyl sites for hydroxylation is 1. The Hall–Kier alpha value is -3.57. The number of nitrogens with one attached hydrogen (secondary N) is 1. The van der Waals surface area contributed by atoms with Crippen molar-refractivity contribution in [3.8, 4) is 5.75 Å². The Kier molecular flexibility index (Phi) is 5.78. The normalized spacial score (nSPS) is 11.8. The first-order valence-corrected chi connectivity index (χ1v) is 10.2. The van der Waals surface area contributed by atoms with Gasteiger partial charge in [0.05, 0.1) is 5.69 Å². The van der Waals surface area contributed by atoms with Gasteiger partial charge in [-0.05, 0) is 49.7 Å². The number of ether oxygens (including phenoxy) is 1. The van der Waals surface area contributed by atoms with Crippen molar-refractivity contribution in [3.05, 3.63) is 94.7 Å². The van der Waals surface area contributed by atoms with Crippen LogP contribution in [0.15, 0.2) is 77.2 Å². The second-order valence-electron chi connectivity index (χ2n) is 7.16. The molecule has 1 atom stereocenters. The summed E-state index contributed by atoms with van der Waals surface area (Å²) < 4.78 is 11.6. The van der Waals surface area contributed by atoms with E-state index in [1.54, 1.807) is 61.5 Å². The van der Waals surface area contributed by atoms with Gasteiger partial charge < -0.3 is 14.5 Å². The predicted molar refractivity (Wildman–Crippen MR) is 121 cm³/mol. The molecule has 0 unspecified atom stereocenters. The number of halogens is 1. The van der Waals surface area contributed by atoms with Gasteiger partial charge in [0.15, 0.2) is 11.9 Å². The molecule has 4 rings (SSSR count). The van der Waals surface area contributed by atoms with E-state index in [1.165, 1.54) is 0 Å². The van der Waals surface area contributed by atoms with Crippen LogP contribution in [0.4, 0.5) is 5.69 Å². The number of carbonyl (C=O) groups is 2. The lowest BCUT2D eigenvalue weighted by Crippen LogP contribution is -2.30. The van der Waals surface area contributed by atoms with Gasteiger partial charge in [0.1, 0.15) is 11.3 Å². The molecule has 0 radical (unpaired) electrons. The number of anilines is 1. The van der Waals surface area contributed by atoms with Crippen molar-refractivity contribution in [1.82, 2.24) is 0 Å². The molecule has 5 nitrogen and oxygen atoms in total. The number of para-hydroxylation sites is 1. The highest BCUT2D eigenvalue weighted by molar-refractivity contribution is 6.31. The van der Waals surface area contributed by atoms with Crippen molar-refractivity contribution >= 4 is 39.9 Å². The zero-order chi connectivity index (χ0) is 22.0. The maximum Gasteiger partial charge on any atom is 0.265 e. The summed E-state index contributed by atoms with van der Waals surface area (Å²) in [4.78, 5) is 26.0. The molecule has 31 heavy (non-hydrogen) atoms. The van der Waals surface area contributed by atoms with Crippen molar-refractivity contribution in [2.75, 3.05) is 5.32 Å². The summed E-state index contributed by atoms with van der Waals surface area (Å²) in [6.07, 6.45) is -0.811. The maximum absolute atomic E-state index is 13.1. The largest absolute Gasteiger partial charge is 0.481 e. The average Bonchev–Trinajstić information content (AvgIpc) is 3.14. The Bertz CT molecular complexity index is 1260. The molecule has 0 spiro atoms. The van der Waals surface area contributed by atoms with Crippen LogP contribution in [-0.4, -0.2) is 17.8 Å². The monoisotopic (exact) mass is 433 g/mol. The fourth-order valence-electron chi connectivity index (χ4n) is 3.22. The minimum Gasteiger partial charge on any atom is -0.481 e. The first-order valence-electron chi connectivity index (χ1n) is 9.79. The highest BCUT2D eigenvalue weighted by Crippen LogP contribution is 2.33. The molecule has 0 fully saturated rings. The van der Waals surface area contributed by atoms with Gasteiger partial charge in [-0.3, -0.25) is 9.59 Å². The first kappa shape index (κ1) is 20.7. The van der Waals surface area contributed by atoms with E-state index in [4.69, 9.17) is 20.8 Å².